The molecule has 0 aliphatic heterocycles. The summed E-state index contributed by atoms with van der Waals surface area (Å²) in [5.74, 6) is -0.554. The molecule has 0 fully saturated rings. The summed E-state index contributed by atoms with van der Waals surface area (Å²) in [4.78, 5) is 3.92. The number of halogens is 1. The van der Waals surface area contributed by atoms with Gasteiger partial charge in [-0.15, -0.1) is 0 Å². The van der Waals surface area contributed by atoms with E-state index in [1.54, 1.807) is 30.3 Å². The zero-order valence-electron chi connectivity index (χ0n) is 15.5. The monoisotopic (exact) mass is 434 g/mol. The standard InChI is InChI=1S/C20H19FN2O4S2/c1-15-12-17(21)9-10-19(15)29(26,27)23-14-20(16-6-5-11-22-13-16)28(24,25)18-7-3-2-4-8-18/h2-13,20,23H,14H2,1H3/t20-/m0/s1. The van der Waals surface area contributed by atoms with Gasteiger partial charge in [-0.1, -0.05) is 24.3 Å². The van der Waals surface area contributed by atoms with Crippen LogP contribution in [-0.2, 0) is 19.9 Å². The van der Waals surface area contributed by atoms with Crippen molar-refractivity contribution in [2.24, 2.45) is 0 Å². The van der Waals surface area contributed by atoms with E-state index in [0.29, 0.717) is 5.56 Å². The Morgan fingerprint density at radius 2 is 1.72 bits per heavy atom. The van der Waals surface area contributed by atoms with Crippen molar-refractivity contribution in [3.8, 4) is 0 Å². The number of pyridine rings is 1. The van der Waals surface area contributed by atoms with Crippen LogP contribution in [0.25, 0.3) is 0 Å². The minimum atomic E-state index is -4.05. The molecule has 1 heterocycles. The maximum atomic E-state index is 13.3. The molecular formula is C20H19FN2O4S2. The Labute approximate surface area is 169 Å². The highest BCUT2D eigenvalue weighted by Gasteiger charge is 2.31. The van der Waals surface area contributed by atoms with E-state index in [-0.39, 0.29) is 15.4 Å². The quantitative estimate of drug-likeness (QED) is 0.617. The number of benzene rings is 2. The molecule has 0 unspecified atom stereocenters. The molecule has 3 aromatic rings. The molecular weight excluding hydrogens is 415 g/mol. The van der Waals surface area contributed by atoms with E-state index >= 15 is 0 Å². The van der Waals surface area contributed by atoms with E-state index in [4.69, 9.17) is 0 Å². The van der Waals surface area contributed by atoms with Gasteiger partial charge in [-0.25, -0.2) is 25.9 Å². The molecule has 9 heteroatoms. The molecule has 0 aliphatic rings. The highest BCUT2D eigenvalue weighted by molar-refractivity contribution is 7.92. The predicted octanol–water partition coefficient (Wildman–Crippen LogP) is 3.02. The number of aromatic nitrogens is 1. The lowest BCUT2D eigenvalue weighted by atomic mass is 10.2. The van der Waals surface area contributed by atoms with Crippen LogP contribution < -0.4 is 4.72 Å². The van der Waals surface area contributed by atoms with Crippen LogP contribution in [0.2, 0.25) is 0 Å². The van der Waals surface area contributed by atoms with Crippen molar-refractivity contribution in [3.63, 3.8) is 0 Å². The molecule has 0 spiro atoms. The highest BCUT2D eigenvalue weighted by atomic mass is 32.2. The van der Waals surface area contributed by atoms with Gasteiger partial charge in [0.25, 0.3) is 0 Å². The third-order valence-corrected chi connectivity index (χ3v) is 8.09. The molecule has 3 rings (SSSR count). The molecule has 0 amide bonds. The minimum Gasteiger partial charge on any atom is -0.264 e. The van der Waals surface area contributed by atoms with Gasteiger partial charge in [-0.2, -0.15) is 0 Å². The summed E-state index contributed by atoms with van der Waals surface area (Å²) in [6.45, 7) is 1.07. The SMILES string of the molecule is Cc1cc(F)ccc1S(=O)(=O)NC[C@@H](c1cccnc1)S(=O)(=O)c1ccccc1. The summed E-state index contributed by atoms with van der Waals surface area (Å²) in [7, 11) is -7.96. The number of nitrogens with zero attached hydrogens (tertiary/aromatic N) is 1. The van der Waals surface area contributed by atoms with Gasteiger partial charge in [-0.05, 0) is 54.4 Å². The van der Waals surface area contributed by atoms with E-state index in [0.717, 1.165) is 18.2 Å². The topological polar surface area (TPSA) is 93.2 Å². The first-order valence-corrected chi connectivity index (χ1v) is 11.7. The zero-order chi connectivity index (χ0) is 21.1. The molecule has 0 aliphatic carbocycles. The largest absolute Gasteiger partial charge is 0.264 e. The van der Waals surface area contributed by atoms with Crippen LogP contribution in [0.15, 0.2) is 82.8 Å². The Hall–Kier alpha value is -2.62. The second-order valence-corrected chi connectivity index (χ2v) is 10.3. The Morgan fingerprint density at radius 3 is 2.34 bits per heavy atom. The van der Waals surface area contributed by atoms with Gasteiger partial charge in [-0.3, -0.25) is 4.98 Å². The van der Waals surface area contributed by atoms with Gasteiger partial charge >= 0.3 is 0 Å². The average molecular weight is 435 g/mol. The third kappa shape index (κ3) is 4.69. The number of hydrogen-bond donors (Lipinski definition) is 1. The van der Waals surface area contributed by atoms with E-state index in [9.17, 15) is 21.2 Å². The van der Waals surface area contributed by atoms with Crippen LogP contribution in [0.5, 0.6) is 0 Å². The Kier molecular flexibility index (Phi) is 6.11. The van der Waals surface area contributed by atoms with Gasteiger partial charge in [0.05, 0.1) is 9.79 Å². The summed E-state index contributed by atoms with van der Waals surface area (Å²) in [6, 6.07) is 14.3. The van der Waals surface area contributed by atoms with Gasteiger partial charge in [0.1, 0.15) is 11.1 Å². The van der Waals surface area contributed by atoms with Gasteiger partial charge < -0.3 is 0 Å². The molecule has 152 valence electrons. The summed E-state index contributed by atoms with van der Waals surface area (Å²) in [5, 5.41) is -1.19. The maximum absolute atomic E-state index is 13.3. The normalized spacial score (nSPS) is 13.2. The summed E-state index contributed by atoms with van der Waals surface area (Å²) >= 11 is 0. The van der Waals surface area contributed by atoms with Crippen molar-refractivity contribution < 1.29 is 21.2 Å². The summed E-state index contributed by atoms with van der Waals surface area (Å²) in [6.07, 6.45) is 2.89. The van der Waals surface area contributed by atoms with Crippen LogP contribution >= 0.6 is 0 Å². The zero-order valence-corrected chi connectivity index (χ0v) is 17.1. The minimum absolute atomic E-state index is 0.0750. The average Bonchev–Trinajstić information content (AvgIpc) is 2.69. The molecule has 1 atom stereocenters. The maximum Gasteiger partial charge on any atom is 0.240 e. The van der Waals surface area contributed by atoms with Crippen molar-refractivity contribution in [3.05, 3.63) is 90.0 Å². The number of aryl methyl sites for hydroxylation is 1. The van der Waals surface area contributed by atoms with E-state index in [2.05, 4.69) is 9.71 Å². The predicted molar refractivity (Wildman–Crippen MR) is 107 cm³/mol. The first-order valence-electron chi connectivity index (χ1n) is 8.66. The lowest BCUT2D eigenvalue weighted by molar-refractivity contribution is 0.567. The number of rotatable bonds is 7. The molecule has 0 saturated carbocycles. The molecule has 29 heavy (non-hydrogen) atoms. The van der Waals surface area contributed by atoms with Crippen LogP contribution in [0.1, 0.15) is 16.4 Å². The third-order valence-electron chi connectivity index (χ3n) is 4.39. The van der Waals surface area contributed by atoms with Crippen LogP contribution in [0.4, 0.5) is 4.39 Å². The first kappa shape index (κ1) is 21.1. The van der Waals surface area contributed by atoms with Gasteiger partial charge in [0.2, 0.25) is 10.0 Å². The highest BCUT2D eigenvalue weighted by Crippen LogP contribution is 2.28. The molecule has 1 aromatic heterocycles. The Bertz CT molecular complexity index is 1200. The van der Waals surface area contributed by atoms with Crippen molar-refractivity contribution in [2.45, 2.75) is 22.0 Å². The Balaban J connectivity index is 1.96. The summed E-state index contributed by atoms with van der Waals surface area (Å²) in [5.41, 5.74) is 0.580. The molecule has 0 radical (unpaired) electrons. The van der Waals surface area contributed by atoms with E-state index < -0.39 is 37.5 Å². The van der Waals surface area contributed by atoms with Gasteiger partial charge in [0, 0.05) is 18.9 Å². The van der Waals surface area contributed by atoms with E-state index in [1.165, 1.54) is 31.5 Å². The lowest BCUT2D eigenvalue weighted by Crippen LogP contribution is -2.32. The van der Waals surface area contributed by atoms with Crippen LogP contribution in [0, 0.1) is 12.7 Å². The molecule has 0 bridgehead atoms. The van der Waals surface area contributed by atoms with Crippen molar-refractivity contribution in [1.82, 2.24) is 9.71 Å². The number of hydrogen-bond acceptors (Lipinski definition) is 5. The molecule has 1 N–H and O–H groups in total. The van der Waals surface area contributed by atoms with Crippen molar-refractivity contribution in [1.29, 1.82) is 0 Å². The van der Waals surface area contributed by atoms with Gasteiger partial charge in [0.15, 0.2) is 9.84 Å². The molecule has 0 saturated heterocycles. The lowest BCUT2D eigenvalue weighted by Gasteiger charge is -2.19. The fourth-order valence-corrected chi connectivity index (χ4v) is 5.97. The van der Waals surface area contributed by atoms with Crippen LogP contribution in [-0.4, -0.2) is 28.4 Å². The van der Waals surface area contributed by atoms with Crippen LogP contribution in [0.3, 0.4) is 0 Å². The van der Waals surface area contributed by atoms with Crippen molar-refractivity contribution >= 4 is 19.9 Å². The smallest absolute Gasteiger partial charge is 0.240 e. The second kappa shape index (κ2) is 8.40. The second-order valence-electron chi connectivity index (χ2n) is 6.39. The molecule has 6 nitrogen and oxygen atoms in total. The summed E-state index contributed by atoms with van der Waals surface area (Å²) < 4.78 is 67.5. The number of sulfone groups is 1. The fourth-order valence-electron chi connectivity index (χ4n) is 2.93. The first-order chi connectivity index (χ1) is 13.7. The van der Waals surface area contributed by atoms with Crippen molar-refractivity contribution in [2.75, 3.05) is 6.54 Å². The Morgan fingerprint density at radius 1 is 1.00 bits per heavy atom. The number of sulfonamides is 1. The fraction of sp³-hybridized carbons (Fsp3) is 0.150. The molecule has 2 aromatic carbocycles. The van der Waals surface area contributed by atoms with E-state index in [1.807, 2.05) is 0 Å². The number of nitrogens with one attached hydrogen (secondary N) is 1.